The number of hydrogen-bond donors (Lipinski definition) is 0. The van der Waals surface area contributed by atoms with Crippen molar-refractivity contribution in [1.29, 1.82) is 0 Å². The van der Waals surface area contributed by atoms with Crippen LogP contribution < -0.4 is 14.7 Å². The minimum absolute atomic E-state index is 1.19. The molecule has 0 aliphatic rings. The van der Waals surface area contributed by atoms with E-state index in [1.165, 1.54) is 172 Å². The molecule has 0 N–H and O–H groups in total. The molecule has 0 atom stereocenters. The van der Waals surface area contributed by atoms with E-state index in [9.17, 15) is 0 Å². The number of benzene rings is 1. The van der Waals surface area contributed by atoms with E-state index in [1.54, 1.807) is 0 Å². The van der Waals surface area contributed by atoms with Crippen molar-refractivity contribution in [2.45, 2.75) is 157 Å². The summed E-state index contributed by atoms with van der Waals surface area (Å²) in [5.74, 6) is 0. The van der Waals surface area contributed by atoms with E-state index >= 15 is 0 Å². The van der Waals surface area contributed by atoms with Gasteiger partial charge in [0.2, 0.25) is 0 Å². The van der Waals surface area contributed by atoms with Gasteiger partial charge in [0.15, 0.2) is 0 Å². The molecule has 0 heterocycles. The van der Waals surface area contributed by atoms with E-state index in [1.807, 2.05) is 0 Å². The molecule has 3 heteroatoms. The van der Waals surface area contributed by atoms with Gasteiger partial charge in [-0.15, -0.1) is 0 Å². The molecule has 1 aromatic carbocycles. The Bertz CT molecular complexity index is 540. The van der Waals surface area contributed by atoms with Gasteiger partial charge in [-0.3, -0.25) is 0 Å². The van der Waals surface area contributed by atoms with E-state index in [2.05, 4.69) is 74.4 Å². The predicted molar refractivity (Wildman–Crippen MR) is 180 cm³/mol. The zero-order chi connectivity index (χ0) is 28.6. The number of anilines is 3. The number of nitrogens with zero attached hydrogens (tertiary/aromatic N) is 3. The quantitative estimate of drug-likeness (QED) is 0.102. The first kappa shape index (κ1) is 35.6. The van der Waals surface area contributed by atoms with Crippen LogP contribution >= 0.6 is 0 Å². The maximum atomic E-state index is 2.74. The summed E-state index contributed by atoms with van der Waals surface area (Å²) < 4.78 is 0. The molecule has 0 amide bonds. The second kappa shape index (κ2) is 24.4. The highest BCUT2D eigenvalue weighted by atomic mass is 15.2. The molecule has 0 saturated carbocycles. The van der Waals surface area contributed by atoms with Crippen molar-refractivity contribution >= 4 is 17.1 Å². The third-order valence-electron chi connectivity index (χ3n) is 8.17. The van der Waals surface area contributed by atoms with Gasteiger partial charge in [0.1, 0.15) is 0 Å². The third kappa shape index (κ3) is 15.9. The van der Waals surface area contributed by atoms with Crippen LogP contribution in [0, 0.1) is 0 Å². The highest BCUT2D eigenvalue weighted by Crippen LogP contribution is 2.32. The Hall–Kier alpha value is -1.38. The van der Waals surface area contributed by atoms with Crippen LogP contribution in [0.25, 0.3) is 0 Å². The first-order valence-electron chi connectivity index (χ1n) is 17.5. The molecule has 39 heavy (non-hydrogen) atoms. The zero-order valence-corrected chi connectivity index (χ0v) is 27.5. The van der Waals surface area contributed by atoms with Crippen LogP contribution in [0.15, 0.2) is 18.2 Å². The molecule has 0 fully saturated rings. The normalized spacial score (nSPS) is 11.2. The van der Waals surface area contributed by atoms with Gasteiger partial charge in [-0.25, -0.2) is 0 Å². The van der Waals surface area contributed by atoms with Crippen LogP contribution in [0.1, 0.15) is 157 Å². The fourth-order valence-electron chi connectivity index (χ4n) is 5.55. The van der Waals surface area contributed by atoms with E-state index in [-0.39, 0.29) is 0 Å². The van der Waals surface area contributed by atoms with E-state index in [0.717, 1.165) is 0 Å². The summed E-state index contributed by atoms with van der Waals surface area (Å²) in [5, 5.41) is 0. The fraction of sp³-hybridized carbons (Fsp3) is 0.833. The fourth-order valence-corrected chi connectivity index (χ4v) is 5.55. The average molecular weight is 544 g/mol. The Morgan fingerprint density at radius 3 is 0.641 bits per heavy atom. The Morgan fingerprint density at radius 1 is 0.308 bits per heavy atom. The minimum Gasteiger partial charge on any atom is -0.371 e. The smallest absolute Gasteiger partial charge is 0.0407 e. The van der Waals surface area contributed by atoms with Crippen LogP contribution in [-0.4, -0.2) is 39.3 Å². The minimum atomic E-state index is 1.19. The number of unbranched alkanes of at least 4 members (excludes halogenated alkanes) is 12. The van der Waals surface area contributed by atoms with Crippen molar-refractivity contribution in [1.82, 2.24) is 0 Å². The first-order valence-corrected chi connectivity index (χ1v) is 17.5. The summed E-state index contributed by atoms with van der Waals surface area (Å²) in [6.07, 6.45) is 23.5. The molecule has 0 radical (unpaired) electrons. The van der Waals surface area contributed by atoms with Gasteiger partial charge in [0.25, 0.3) is 0 Å². The summed E-state index contributed by atoms with van der Waals surface area (Å²) >= 11 is 0. The average Bonchev–Trinajstić information content (AvgIpc) is 2.95. The number of rotatable bonds is 27. The summed E-state index contributed by atoms with van der Waals surface area (Å²) in [6.45, 7) is 21.1. The monoisotopic (exact) mass is 544 g/mol. The van der Waals surface area contributed by atoms with Gasteiger partial charge in [-0.2, -0.15) is 0 Å². The van der Waals surface area contributed by atoms with Gasteiger partial charge in [0.05, 0.1) is 0 Å². The van der Waals surface area contributed by atoms with Crippen molar-refractivity contribution in [2.75, 3.05) is 54.0 Å². The molecule has 0 spiro atoms. The maximum absolute atomic E-state index is 2.74. The Balaban J connectivity index is 3.47. The summed E-state index contributed by atoms with van der Waals surface area (Å²) in [7, 11) is 0. The van der Waals surface area contributed by atoms with Crippen LogP contribution in [0.3, 0.4) is 0 Å². The maximum Gasteiger partial charge on any atom is 0.0407 e. The SMILES string of the molecule is CCCCCN(CCCCC)c1cc(N(CCCCC)CCCCC)cc(N(CCCCC)CCCCC)c1. The molecule has 0 aliphatic carbocycles. The van der Waals surface area contributed by atoms with Crippen LogP contribution in [0.4, 0.5) is 17.1 Å². The largest absolute Gasteiger partial charge is 0.371 e. The Morgan fingerprint density at radius 2 is 0.487 bits per heavy atom. The van der Waals surface area contributed by atoms with Crippen molar-refractivity contribution < 1.29 is 0 Å². The van der Waals surface area contributed by atoms with E-state index in [4.69, 9.17) is 0 Å². The predicted octanol–water partition coefficient (Wildman–Crippen LogP) is 11.2. The first-order chi connectivity index (χ1) is 19.1. The molecule has 1 aromatic rings. The highest BCUT2D eigenvalue weighted by molar-refractivity contribution is 5.70. The van der Waals surface area contributed by atoms with Crippen molar-refractivity contribution in [3.8, 4) is 0 Å². The lowest BCUT2D eigenvalue weighted by Crippen LogP contribution is -2.30. The van der Waals surface area contributed by atoms with Gasteiger partial charge < -0.3 is 14.7 Å². The molecule has 0 aromatic heterocycles. The van der Waals surface area contributed by atoms with Crippen LogP contribution in [0.5, 0.6) is 0 Å². The van der Waals surface area contributed by atoms with Crippen LogP contribution in [-0.2, 0) is 0 Å². The van der Waals surface area contributed by atoms with E-state index in [0.29, 0.717) is 0 Å². The standard InChI is InChI=1S/C36H69N3/c1-7-13-19-25-37(26-20-14-8-2)34-31-35(38(27-21-15-9-3)28-22-16-10-4)33-36(32-34)39(29-23-17-11-5)30-24-18-12-6/h31-33H,7-30H2,1-6H3. The third-order valence-corrected chi connectivity index (χ3v) is 8.17. The topological polar surface area (TPSA) is 9.72 Å². The molecular weight excluding hydrogens is 474 g/mol. The van der Waals surface area contributed by atoms with Crippen LogP contribution in [0.2, 0.25) is 0 Å². The summed E-state index contributed by atoms with van der Waals surface area (Å²) in [6, 6.07) is 7.70. The Kier molecular flexibility index (Phi) is 22.3. The van der Waals surface area contributed by atoms with Crippen molar-refractivity contribution in [2.24, 2.45) is 0 Å². The van der Waals surface area contributed by atoms with Gasteiger partial charge in [-0.1, -0.05) is 119 Å². The molecule has 3 nitrogen and oxygen atoms in total. The Labute approximate surface area is 246 Å². The lowest BCUT2D eigenvalue weighted by atomic mass is 10.1. The molecule has 0 saturated heterocycles. The van der Waals surface area contributed by atoms with Crippen molar-refractivity contribution in [3.05, 3.63) is 18.2 Å². The van der Waals surface area contributed by atoms with Gasteiger partial charge in [0, 0.05) is 56.3 Å². The molecule has 1 rings (SSSR count). The molecular formula is C36H69N3. The summed E-state index contributed by atoms with van der Waals surface area (Å²) in [5.41, 5.74) is 4.42. The highest BCUT2D eigenvalue weighted by Gasteiger charge is 2.16. The van der Waals surface area contributed by atoms with Crippen molar-refractivity contribution in [3.63, 3.8) is 0 Å². The van der Waals surface area contributed by atoms with Gasteiger partial charge in [-0.05, 0) is 56.7 Å². The molecule has 0 unspecified atom stereocenters. The number of hydrogen-bond acceptors (Lipinski definition) is 3. The lowest BCUT2D eigenvalue weighted by Gasteiger charge is -2.33. The molecule has 228 valence electrons. The van der Waals surface area contributed by atoms with E-state index < -0.39 is 0 Å². The molecule has 0 aliphatic heterocycles. The lowest BCUT2D eigenvalue weighted by molar-refractivity contribution is 0.628. The second-order valence-corrected chi connectivity index (χ2v) is 11.9. The zero-order valence-electron chi connectivity index (χ0n) is 27.5. The second-order valence-electron chi connectivity index (χ2n) is 11.9. The summed E-state index contributed by atoms with van der Waals surface area (Å²) in [4.78, 5) is 8.22. The van der Waals surface area contributed by atoms with Gasteiger partial charge >= 0.3 is 0 Å². The molecule has 0 bridgehead atoms.